The molecule has 1 aliphatic heterocycles. The summed E-state index contributed by atoms with van der Waals surface area (Å²) in [7, 11) is 0. The molecular weight excluding hydrogens is 212 g/mol. The van der Waals surface area contributed by atoms with Gasteiger partial charge in [0, 0.05) is 25.2 Å². The summed E-state index contributed by atoms with van der Waals surface area (Å²) in [6.45, 7) is 11.1. The van der Waals surface area contributed by atoms with Crippen LogP contribution in [0, 0.1) is 0 Å². The van der Waals surface area contributed by atoms with Crippen LogP contribution in [0.5, 0.6) is 0 Å². The maximum absolute atomic E-state index is 10.4. The van der Waals surface area contributed by atoms with E-state index < -0.39 is 5.60 Å². The van der Waals surface area contributed by atoms with Gasteiger partial charge in [-0.05, 0) is 33.2 Å². The van der Waals surface area contributed by atoms with Gasteiger partial charge in [0.15, 0.2) is 0 Å². The normalized spacial score (nSPS) is 26.8. The van der Waals surface area contributed by atoms with E-state index in [9.17, 15) is 5.11 Å². The van der Waals surface area contributed by atoms with Gasteiger partial charge in [0.05, 0.1) is 5.60 Å². The molecule has 2 atom stereocenters. The lowest BCUT2D eigenvalue weighted by Gasteiger charge is -2.35. The molecule has 0 radical (unpaired) electrons. The summed E-state index contributed by atoms with van der Waals surface area (Å²) in [5, 5.41) is 13.8. The Morgan fingerprint density at radius 3 is 2.71 bits per heavy atom. The van der Waals surface area contributed by atoms with Crippen molar-refractivity contribution in [1.29, 1.82) is 0 Å². The molecule has 1 saturated heterocycles. The van der Waals surface area contributed by atoms with Gasteiger partial charge in [-0.3, -0.25) is 4.90 Å². The first-order valence-corrected chi connectivity index (χ1v) is 7.10. The molecule has 0 bridgehead atoms. The minimum Gasteiger partial charge on any atom is -0.388 e. The number of likely N-dealkylation sites (tertiary alicyclic amines) is 1. The van der Waals surface area contributed by atoms with Gasteiger partial charge in [-0.15, -0.1) is 0 Å². The first-order valence-electron chi connectivity index (χ1n) is 7.10. The van der Waals surface area contributed by atoms with E-state index in [1.807, 2.05) is 6.92 Å². The Morgan fingerprint density at radius 1 is 1.35 bits per heavy atom. The molecule has 0 saturated carbocycles. The van der Waals surface area contributed by atoms with E-state index >= 15 is 0 Å². The van der Waals surface area contributed by atoms with E-state index in [0.717, 1.165) is 13.1 Å². The van der Waals surface area contributed by atoms with Crippen LogP contribution in [0.25, 0.3) is 0 Å². The lowest BCUT2D eigenvalue weighted by atomic mass is 10.0. The highest BCUT2D eigenvalue weighted by atomic mass is 16.3. The smallest absolute Gasteiger partial charge is 0.0869 e. The Labute approximate surface area is 107 Å². The minimum atomic E-state index is -0.622. The van der Waals surface area contributed by atoms with E-state index in [-0.39, 0.29) is 0 Å². The molecule has 0 aromatic heterocycles. The van der Waals surface area contributed by atoms with Gasteiger partial charge in [0.25, 0.3) is 0 Å². The molecule has 17 heavy (non-hydrogen) atoms. The summed E-state index contributed by atoms with van der Waals surface area (Å²) in [6, 6.07) is 1.05. The van der Waals surface area contributed by atoms with Crippen molar-refractivity contribution in [2.45, 2.75) is 71.1 Å². The van der Waals surface area contributed by atoms with Gasteiger partial charge in [0.1, 0.15) is 0 Å². The second kappa shape index (κ2) is 6.72. The van der Waals surface area contributed by atoms with E-state index in [1.165, 1.54) is 25.7 Å². The van der Waals surface area contributed by atoms with E-state index in [1.54, 1.807) is 0 Å². The van der Waals surface area contributed by atoms with Gasteiger partial charge in [-0.1, -0.05) is 26.7 Å². The van der Waals surface area contributed by atoms with Gasteiger partial charge in [-0.25, -0.2) is 0 Å². The number of hydrogen-bond acceptors (Lipinski definition) is 3. The molecule has 3 heteroatoms. The van der Waals surface area contributed by atoms with E-state index in [4.69, 9.17) is 0 Å². The summed E-state index contributed by atoms with van der Waals surface area (Å²) in [5.41, 5.74) is -0.622. The third kappa shape index (κ3) is 5.84. The first kappa shape index (κ1) is 14.9. The summed E-state index contributed by atoms with van der Waals surface area (Å²) >= 11 is 0. The van der Waals surface area contributed by atoms with E-state index in [0.29, 0.717) is 18.6 Å². The Morgan fingerprint density at radius 2 is 2.06 bits per heavy atom. The monoisotopic (exact) mass is 242 g/mol. The minimum absolute atomic E-state index is 0.433. The zero-order valence-corrected chi connectivity index (χ0v) is 12.0. The standard InChI is InChI=1S/C14H30N2O/c1-12(2)15-10-14(4,17)11-16-9-7-5-6-8-13(16)3/h12-13,15,17H,5-11H2,1-4H3. The molecule has 2 unspecified atom stereocenters. The van der Waals surface area contributed by atoms with E-state index in [2.05, 4.69) is 31.0 Å². The van der Waals surface area contributed by atoms with Crippen LogP contribution in [-0.2, 0) is 0 Å². The summed E-state index contributed by atoms with van der Waals surface area (Å²) in [5.74, 6) is 0. The molecule has 102 valence electrons. The van der Waals surface area contributed by atoms with Gasteiger partial charge in [-0.2, -0.15) is 0 Å². The summed E-state index contributed by atoms with van der Waals surface area (Å²) < 4.78 is 0. The first-order chi connectivity index (χ1) is 7.91. The average molecular weight is 242 g/mol. The molecule has 3 nitrogen and oxygen atoms in total. The predicted molar refractivity (Wildman–Crippen MR) is 73.3 cm³/mol. The van der Waals surface area contributed by atoms with Crippen LogP contribution in [0.4, 0.5) is 0 Å². The maximum Gasteiger partial charge on any atom is 0.0869 e. The van der Waals surface area contributed by atoms with Gasteiger partial charge < -0.3 is 10.4 Å². The SMILES string of the molecule is CC(C)NCC(C)(O)CN1CCCCCC1C. The highest BCUT2D eigenvalue weighted by Gasteiger charge is 2.27. The van der Waals surface area contributed by atoms with Crippen molar-refractivity contribution in [2.24, 2.45) is 0 Å². The third-order valence-electron chi connectivity index (χ3n) is 3.63. The number of aliphatic hydroxyl groups is 1. The zero-order chi connectivity index (χ0) is 12.9. The quantitative estimate of drug-likeness (QED) is 0.774. The Balaban J connectivity index is 2.43. The topological polar surface area (TPSA) is 35.5 Å². The van der Waals surface area contributed by atoms with Crippen LogP contribution in [0.1, 0.15) is 53.4 Å². The third-order valence-corrected chi connectivity index (χ3v) is 3.63. The fourth-order valence-corrected chi connectivity index (χ4v) is 2.49. The van der Waals surface area contributed by atoms with Crippen molar-refractivity contribution in [3.63, 3.8) is 0 Å². The number of hydrogen-bond donors (Lipinski definition) is 2. The van der Waals surface area contributed by atoms with Crippen molar-refractivity contribution in [3.05, 3.63) is 0 Å². The van der Waals surface area contributed by atoms with Crippen LogP contribution in [-0.4, -0.2) is 47.3 Å². The van der Waals surface area contributed by atoms with Crippen molar-refractivity contribution >= 4 is 0 Å². The lowest BCUT2D eigenvalue weighted by molar-refractivity contribution is 0.00826. The number of nitrogens with zero attached hydrogens (tertiary/aromatic N) is 1. The number of nitrogens with one attached hydrogen (secondary N) is 1. The molecule has 1 rings (SSSR count). The van der Waals surface area contributed by atoms with Crippen LogP contribution >= 0.6 is 0 Å². The molecule has 2 N–H and O–H groups in total. The Bertz CT molecular complexity index is 216. The van der Waals surface area contributed by atoms with Crippen LogP contribution in [0.15, 0.2) is 0 Å². The van der Waals surface area contributed by atoms with Crippen molar-refractivity contribution in [1.82, 2.24) is 10.2 Å². The van der Waals surface area contributed by atoms with Crippen LogP contribution in [0.3, 0.4) is 0 Å². The highest BCUT2D eigenvalue weighted by Crippen LogP contribution is 2.18. The Hall–Kier alpha value is -0.120. The van der Waals surface area contributed by atoms with Crippen LogP contribution < -0.4 is 5.32 Å². The predicted octanol–water partition coefficient (Wildman–Crippen LogP) is 2.00. The summed E-state index contributed by atoms with van der Waals surface area (Å²) in [4.78, 5) is 2.45. The lowest BCUT2D eigenvalue weighted by Crippen LogP contribution is -2.50. The van der Waals surface area contributed by atoms with Gasteiger partial charge >= 0.3 is 0 Å². The number of β-amino-alcohol motifs (C(OH)–C–C–N with tert-alkyl or cyclic N) is 1. The van der Waals surface area contributed by atoms with Crippen molar-refractivity contribution in [3.8, 4) is 0 Å². The fraction of sp³-hybridized carbons (Fsp3) is 1.00. The second-order valence-electron chi connectivity index (χ2n) is 6.20. The average Bonchev–Trinajstić information content (AvgIpc) is 2.42. The van der Waals surface area contributed by atoms with Gasteiger partial charge in [0.2, 0.25) is 0 Å². The number of rotatable bonds is 5. The molecule has 0 aromatic carbocycles. The van der Waals surface area contributed by atoms with Crippen molar-refractivity contribution in [2.75, 3.05) is 19.6 Å². The second-order valence-corrected chi connectivity index (χ2v) is 6.20. The molecule has 1 fully saturated rings. The molecule has 0 aromatic rings. The molecule has 0 aliphatic carbocycles. The fourth-order valence-electron chi connectivity index (χ4n) is 2.49. The molecule has 1 aliphatic rings. The molecular formula is C14H30N2O. The van der Waals surface area contributed by atoms with Crippen molar-refractivity contribution < 1.29 is 5.11 Å². The summed E-state index contributed by atoms with van der Waals surface area (Å²) in [6.07, 6.45) is 5.23. The largest absolute Gasteiger partial charge is 0.388 e. The molecule has 0 spiro atoms. The molecule has 1 heterocycles. The van der Waals surface area contributed by atoms with Crippen LogP contribution in [0.2, 0.25) is 0 Å². The molecule has 0 amide bonds. The highest BCUT2D eigenvalue weighted by molar-refractivity contribution is 4.84. The maximum atomic E-state index is 10.4. The zero-order valence-electron chi connectivity index (χ0n) is 12.0. The Kier molecular flexibility index (Phi) is 5.90.